The first-order chi connectivity index (χ1) is 18.1. The zero-order valence-corrected chi connectivity index (χ0v) is 21.3. The van der Waals surface area contributed by atoms with E-state index in [-0.39, 0.29) is 13.4 Å². The van der Waals surface area contributed by atoms with Crippen LogP contribution in [0.1, 0.15) is 35.3 Å². The summed E-state index contributed by atoms with van der Waals surface area (Å²) in [6.07, 6.45) is 0.784. The van der Waals surface area contributed by atoms with Crippen molar-refractivity contribution in [2.45, 2.75) is 12.3 Å². The molecule has 0 spiro atoms. The van der Waals surface area contributed by atoms with Crippen LogP contribution >= 0.6 is 0 Å². The molecule has 0 aromatic heterocycles. The Bertz CT molecular complexity index is 1100. The Morgan fingerprint density at radius 3 is 2.22 bits per heavy atom. The molecule has 1 aliphatic rings. The molecule has 37 heavy (non-hydrogen) atoms. The Morgan fingerprint density at radius 1 is 0.946 bits per heavy atom. The number of methoxy groups -OCH3 is 1. The lowest BCUT2D eigenvalue weighted by Gasteiger charge is -2.31. The number of esters is 1. The van der Waals surface area contributed by atoms with Gasteiger partial charge in [-0.2, -0.15) is 0 Å². The predicted molar refractivity (Wildman–Crippen MR) is 147 cm³/mol. The van der Waals surface area contributed by atoms with Gasteiger partial charge < -0.3 is 19.7 Å². The van der Waals surface area contributed by atoms with Crippen molar-refractivity contribution in [1.29, 1.82) is 0 Å². The standard InChI is InChI=1S/C30H35N3O4.H2/c1-36-29(34)26-13-8-14-27(23-26)31-30(35)33(18-17-32-19-21-37-22-20-32)16-15-28(24-9-4-2-5-10-24)25-11-6-3-7-12-25;/h2-14,23,28H,15-22H2,1H3,(H,31,35);1H. The van der Waals surface area contributed by atoms with E-state index in [0.29, 0.717) is 24.3 Å². The van der Waals surface area contributed by atoms with Gasteiger partial charge in [0.15, 0.2) is 0 Å². The summed E-state index contributed by atoms with van der Waals surface area (Å²) in [5.41, 5.74) is 3.42. The third-order valence-electron chi connectivity index (χ3n) is 6.70. The maximum atomic E-state index is 13.5. The minimum absolute atomic E-state index is 0. The molecule has 1 saturated heterocycles. The normalized spacial score (nSPS) is 13.8. The van der Waals surface area contributed by atoms with E-state index in [1.807, 2.05) is 17.0 Å². The van der Waals surface area contributed by atoms with Gasteiger partial charge >= 0.3 is 12.0 Å². The molecule has 0 aliphatic carbocycles. The molecule has 7 heteroatoms. The summed E-state index contributed by atoms with van der Waals surface area (Å²) in [5.74, 6) is -0.266. The van der Waals surface area contributed by atoms with Crippen molar-refractivity contribution in [3.63, 3.8) is 0 Å². The summed E-state index contributed by atoms with van der Waals surface area (Å²) in [7, 11) is 1.34. The van der Waals surface area contributed by atoms with Crippen molar-refractivity contribution in [2.24, 2.45) is 0 Å². The fraction of sp³-hybridized carbons (Fsp3) is 0.333. The third kappa shape index (κ3) is 7.65. The number of hydrogen-bond acceptors (Lipinski definition) is 5. The van der Waals surface area contributed by atoms with Gasteiger partial charge in [-0.05, 0) is 35.7 Å². The van der Waals surface area contributed by atoms with Crippen LogP contribution in [-0.2, 0) is 9.47 Å². The lowest BCUT2D eigenvalue weighted by molar-refractivity contribution is 0.0351. The number of urea groups is 1. The highest BCUT2D eigenvalue weighted by Gasteiger charge is 2.21. The molecule has 3 aromatic carbocycles. The highest BCUT2D eigenvalue weighted by atomic mass is 16.5. The molecule has 4 rings (SSSR count). The molecule has 0 saturated carbocycles. The van der Waals surface area contributed by atoms with Crippen LogP contribution in [-0.4, -0.2) is 74.8 Å². The van der Waals surface area contributed by atoms with Crippen LogP contribution < -0.4 is 5.32 Å². The Morgan fingerprint density at radius 2 is 1.59 bits per heavy atom. The molecule has 1 aliphatic heterocycles. The Labute approximate surface area is 220 Å². The fourth-order valence-corrected chi connectivity index (χ4v) is 4.63. The van der Waals surface area contributed by atoms with Crippen molar-refractivity contribution in [1.82, 2.24) is 9.80 Å². The molecule has 7 nitrogen and oxygen atoms in total. The SMILES string of the molecule is COC(=O)c1cccc(NC(=O)N(CCC(c2ccccc2)c2ccccc2)CCN2CCOCC2)c1.[HH]. The number of benzene rings is 3. The van der Waals surface area contributed by atoms with Gasteiger partial charge in [0.2, 0.25) is 0 Å². The molecular weight excluding hydrogens is 466 g/mol. The first kappa shape index (κ1) is 26.4. The van der Waals surface area contributed by atoms with E-state index in [1.165, 1.54) is 18.2 Å². The lowest BCUT2D eigenvalue weighted by Crippen LogP contribution is -2.44. The van der Waals surface area contributed by atoms with Gasteiger partial charge in [-0.3, -0.25) is 4.90 Å². The topological polar surface area (TPSA) is 71.1 Å². The van der Waals surface area contributed by atoms with Crippen molar-refractivity contribution >= 4 is 17.7 Å². The summed E-state index contributed by atoms with van der Waals surface area (Å²) in [5, 5.41) is 2.99. The minimum atomic E-state index is -0.436. The van der Waals surface area contributed by atoms with Crippen LogP contribution in [0.25, 0.3) is 0 Å². The number of amides is 2. The number of morpholine rings is 1. The molecule has 1 fully saturated rings. The molecule has 2 amide bonds. The van der Waals surface area contributed by atoms with Gasteiger partial charge in [0.05, 0.1) is 25.9 Å². The number of rotatable bonds is 10. The average molecular weight is 504 g/mol. The number of carbonyl (C=O) groups excluding carboxylic acids is 2. The molecule has 0 atom stereocenters. The van der Waals surface area contributed by atoms with Crippen molar-refractivity contribution in [2.75, 3.05) is 58.4 Å². The number of nitrogens with zero attached hydrogens (tertiary/aromatic N) is 2. The second-order valence-electron chi connectivity index (χ2n) is 9.11. The maximum absolute atomic E-state index is 13.5. The van der Waals surface area contributed by atoms with Crippen molar-refractivity contribution < 1.29 is 20.5 Å². The average Bonchev–Trinajstić information content (AvgIpc) is 2.96. The highest BCUT2D eigenvalue weighted by Crippen LogP contribution is 2.28. The van der Waals surface area contributed by atoms with E-state index < -0.39 is 5.97 Å². The molecule has 0 bridgehead atoms. The summed E-state index contributed by atoms with van der Waals surface area (Å²) >= 11 is 0. The molecule has 3 aromatic rings. The maximum Gasteiger partial charge on any atom is 0.337 e. The number of ether oxygens (including phenoxy) is 2. The monoisotopic (exact) mass is 503 g/mol. The van der Waals surface area contributed by atoms with Crippen molar-refractivity contribution in [3.8, 4) is 0 Å². The van der Waals surface area contributed by atoms with Crippen LogP contribution in [0, 0.1) is 0 Å². The van der Waals surface area contributed by atoms with Crippen LogP contribution in [0.15, 0.2) is 84.9 Å². The second-order valence-corrected chi connectivity index (χ2v) is 9.11. The number of nitrogens with one attached hydrogen (secondary N) is 1. The molecule has 0 radical (unpaired) electrons. The van der Waals surface area contributed by atoms with E-state index in [4.69, 9.17) is 9.47 Å². The first-order valence-electron chi connectivity index (χ1n) is 12.8. The Balaban J connectivity index is 0.00000400. The predicted octanol–water partition coefficient (Wildman–Crippen LogP) is 5.11. The van der Waals surface area contributed by atoms with Gasteiger partial charge in [0.1, 0.15) is 0 Å². The Kier molecular flexibility index (Phi) is 9.68. The molecular formula is C30H37N3O4. The zero-order chi connectivity index (χ0) is 25.9. The summed E-state index contributed by atoms with van der Waals surface area (Å²) in [6, 6.07) is 27.5. The smallest absolute Gasteiger partial charge is 0.337 e. The zero-order valence-electron chi connectivity index (χ0n) is 21.3. The third-order valence-corrected chi connectivity index (χ3v) is 6.70. The largest absolute Gasteiger partial charge is 0.465 e. The molecule has 0 unspecified atom stereocenters. The van der Waals surface area contributed by atoms with Gasteiger partial charge in [-0.1, -0.05) is 66.7 Å². The summed E-state index contributed by atoms with van der Waals surface area (Å²) in [6.45, 7) is 5.13. The van der Waals surface area contributed by atoms with Gasteiger partial charge in [-0.15, -0.1) is 0 Å². The van der Waals surface area contributed by atoms with E-state index in [0.717, 1.165) is 39.3 Å². The number of carbonyl (C=O) groups is 2. The van der Waals surface area contributed by atoms with Gasteiger partial charge in [0, 0.05) is 45.8 Å². The number of hydrogen-bond donors (Lipinski definition) is 1. The quantitative estimate of drug-likeness (QED) is 0.390. The van der Waals surface area contributed by atoms with E-state index in [1.54, 1.807) is 24.3 Å². The van der Waals surface area contributed by atoms with Crippen LogP contribution in [0.5, 0.6) is 0 Å². The number of anilines is 1. The van der Waals surface area contributed by atoms with Gasteiger partial charge in [0.25, 0.3) is 0 Å². The highest BCUT2D eigenvalue weighted by molar-refractivity contribution is 5.93. The van der Waals surface area contributed by atoms with E-state index in [2.05, 4.69) is 58.7 Å². The first-order valence-corrected chi connectivity index (χ1v) is 12.8. The van der Waals surface area contributed by atoms with E-state index in [9.17, 15) is 9.59 Å². The summed E-state index contributed by atoms with van der Waals surface area (Å²) < 4.78 is 10.3. The molecule has 1 heterocycles. The van der Waals surface area contributed by atoms with Gasteiger partial charge in [-0.25, -0.2) is 9.59 Å². The summed E-state index contributed by atoms with van der Waals surface area (Å²) in [4.78, 5) is 29.6. The Hall–Kier alpha value is -3.68. The van der Waals surface area contributed by atoms with E-state index >= 15 is 0 Å². The molecule has 1 N–H and O–H groups in total. The second kappa shape index (κ2) is 13.6. The van der Waals surface area contributed by atoms with Crippen LogP contribution in [0.2, 0.25) is 0 Å². The lowest BCUT2D eigenvalue weighted by atomic mass is 9.88. The fourth-order valence-electron chi connectivity index (χ4n) is 4.63. The van der Waals surface area contributed by atoms with Crippen LogP contribution in [0.4, 0.5) is 10.5 Å². The van der Waals surface area contributed by atoms with Crippen LogP contribution in [0.3, 0.4) is 0 Å². The molecule has 196 valence electrons. The van der Waals surface area contributed by atoms with Crippen molar-refractivity contribution in [3.05, 3.63) is 102 Å². The minimum Gasteiger partial charge on any atom is -0.465 e.